The lowest BCUT2D eigenvalue weighted by atomic mass is 10.0. The van der Waals surface area contributed by atoms with Crippen LogP contribution < -0.4 is 19.7 Å². The Bertz CT molecular complexity index is 1200. The molecule has 2 aliphatic rings. The van der Waals surface area contributed by atoms with Crippen molar-refractivity contribution >= 4 is 23.0 Å². The summed E-state index contributed by atoms with van der Waals surface area (Å²) >= 11 is 0. The number of nitrogens with zero attached hydrogens (tertiary/aromatic N) is 2. The maximum Gasteiger partial charge on any atom is 0.311 e. The predicted octanol–water partition coefficient (Wildman–Crippen LogP) is 3.80. The molecule has 1 atom stereocenters. The molecule has 30 heavy (non-hydrogen) atoms. The van der Waals surface area contributed by atoms with Crippen LogP contribution in [0.2, 0.25) is 0 Å². The highest BCUT2D eigenvalue weighted by atomic mass is 16.7. The van der Waals surface area contributed by atoms with E-state index in [1.165, 1.54) is 17.0 Å². The van der Waals surface area contributed by atoms with E-state index < -0.39 is 22.5 Å². The molecule has 9 nitrogen and oxygen atoms in total. The summed E-state index contributed by atoms with van der Waals surface area (Å²) in [6, 6.07) is 16.2. The lowest BCUT2D eigenvalue weighted by molar-refractivity contribution is -0.385. The molecular weight excluding hydrogens is 390 g/mol. The van der Waals surface area contributed by atoms with Crippen molar-refractivity contribution < 1.29 is 24.3 Å². The molecule has 150 valence electrons. The van der Waals surface area contributed by atoms with E-state index in [1.807, 2.05) is 0 Å². The number of carbonyl (C=O) groups is 1. The van der Waals surface area contributed by atoms with Crippen LogP contribution >= 0.6 is 0 Å². The molecule has 1 amide bonds. The van der Waals surface area contributed by atoms with Gasteiger partial charge in [0.1, 0.15) is 6.17 Å². The van der Waals surface area contributed by atoms with Crippen LogP contribution in [0.5, 0.6) is 17.2 Å². The Morgan fingerprint density at radius 2 is 1.87 bits per heavy atom. The highest BCUT2D eigenvalue weighted by Gasteiger charge is 2.35. The number of amides is 1. The van der Waals surface area contributed by atoms with Crippen LogP contribution in [0, 0.1) is 10.1 Å². The summed E-state index contributed by atoms with van der Waals surface area (Å²) < 4.78 is 10.8. The van der Waals surface area contributed by atoms with Crippen LogP contribution in [-0.2, 0) is 0 Å². The van der Waals surface area contributed by atoms with Gasteiger partial charge in [-0.3, -0.25) is 19.8 Å². The van der Waals surface area contributed by atoms with E-state index in [4.69, 9.17) is 9.47 Å². The summed E-state index contributed by atoms with van der Waals surface area (Å²) in [5, 5.41) is 24.4. The molecule has 0 saturated carbocycles. The number of para-hydroxylation sites is 1. The van der Waals surface area contributed by atoms with Crippen LogP contribution in [0.3, 0.4) is 0 Å². The van der Waals surface area contributed by atoms with Crippen molar-refractivity contribution in [2.24, 2.45) is 0 Å². The van der Waals surface area contributed by atoms with Gasteiger partial charge in [-0.1, -0.05) is 18.2 Å². The molecule has 2 N–H and O–H groups in total. The topological polar surface area (TPSA) is 114 Å². The number of rotatable bonds is 3. The third-order valence-electron chi connectivity index (χ3n) is 5.07. The minimum atomic E-state index is -0.743. The number of hydrogen-bond acceptors (Lipinski definition) is 7. The van der Waals surface area contributed by atoms with Crippen molar-refractivity contribution in [1.82, 2.24) is 0 Å². The fourth-order valence-corrected chi connectivity index (χ4v) is 3.64. The number of hydrogen-bond donors (Lipinski definition) is 2. The van der Waals surface area contributed by atoms with Crippen molar-refractivity contribution in [2.45, 2.75) is 6.17 Å². The average Bonchev–Trinajstić information content (AvgIpc) is 3.22. The van der Waals surface area contributed by atoms with Gasteiger partial charge in [0.15, 0.2) is 17.2 Å². The molecule has 0 unspecified atom stereocenters. The number of fused-ring (bicyclic) bond motifs is 2. The van der Waals surface area contributed by atoms with Gasteiger partial charge in [0, 0.05) is 23.4 Å². The molecule has 0 saturated heterocycles. The van der Waals surface area contributed by atoms with Crippen LogP contribution in [-0.4, -0.2) is 22.7 Å². The van der Waals surface area contributed by atoms with Gasteiger partial charge < -0.3 is 19.9 Å². The van der Waals surface area contributed by atoms with E-state index in [0.29, 0.717) is 34.0 Å². The summed E-state index contributed by atoms with van der Waals surface area (Å²) in [6.07, 6.45) is -0.743. The third kappa shape index (κ3) is 2.75. The molecular formula is C21H15N3O6. The molecule has 0 fully saturated rings. The first-order valence-electron chi connectivity index (χ1n) is 9.09. The monoisotopic (exact) mass is 405 g/mol. The molecule has 0 bridgehead atoms. The number of nitrogens with one attached hydrogen (secondary N) is 1. The second-order valence-electron chi connectivity index (χ2n) is 6.81. The van der Waals surface area contributed by atoms with Crippen molar-refractivity contribution in [2.75, 3.05) is 17.0 Å². The number of nitro benzene ring substituents is 1. The standard InChI is InChI=1S/C21H15N3O6/c25-17-7-5-12(9-16(17)24(27)28)20-22-15-4-2-1-3-14(15)21(26)23(20)13-6-8-18-19(10-13)30-11-29-18/h1-10,20,22,25H,11H2/t20-/m0/s1. The van der Waals surface area contributed by atoms with Crippen molar-refractivity contribution in [3.05, 3.63) is 81.9 Å². The molecule has 0 aliphatic carbocycles. The molecule has 2 aliphatic heterocycles. The molecule has 0 radical (unpaired) electrons. The maximum atomic E-state index is 13.4. The van der Waals surface area contributed by atoms with Crippen LogP contribution in [0.15, 0.2) is 60.7 Å². The maximum absolute atomic E-state index is 13.4. The Kier molecular flexibility index (Phi) is 3.95. The number of benzene rings is 3. The number of ether oxygens (including phenoxy) is 2. The Morgan fingerprint density at radius 1 is 1.07 bits per heavy atom. The van der Waals surface area contributed by atoms with Gasteiger partial charge >= 0.3 is 5.69 Å². The Morgan fingerprint density at radius 3 is 2.70 bits per heavy atom. The molecule has 0 spiro atoms. The quantitative estimate of drug-likeness (QED) is 0.503. The summed E-state index contributed by atoms with van der Waals surface area (Å²) in [7, 11) is 0. The number of nitro groups is 1. The third-order valence-corrected chi connectivity index (χ3v) is 5.07. The predicted molar refractivity (Wildman–Crippen MR) is 107 cm³/mol. The van der Waals surface area contributed by atoms with Gasteiger partial charge in [0.2, 0.25) is 6.79 Å². The van der Waals surface area contributed by atoms with E-state index in [1.54, 1.807) is 48.5 Å². The molecule has 3 aromatic rings. The highest BCUT2D eigenvalue weighted by molar-refractivity contribution is 6.12. The van der Waals surface area contributed by atoms with Crippen molar-refractivity contribution in [3.63, 3.8) is 0 Å². The first kappa shape index (κ1) is 17.8. The zero-order chi connectivity index (χ0) is 20.8. The summed E-state index contributed by atoms with van der Waals surface area (Å²) in [4.78, 5) is 25.6. The van der Waals surface area contributed by atoms with Crippen LogP contribution in [0.1, 0.15) is 22.1 Å². The molecule has 5 rings (SSSR count). The minimum absolute atomic E-state index is 0.0986. The van der Waals surface area contributed by atoms with Crippen LogP contribution in [0.25, 0.3) is 0 Å². The second kappa shape index (κ2) is 6.66. The van der Waals surface area contributed by atoms with E-state index in [2.05, 4.69) is 5.32 Å². The number of anilines is 2. The number of phenols is 1. The zero-order valence-corrected chi connectivity index (χ0v) is 15.4. The van der Waals surface area contributed by atoms with E-state index in [-0.39, 0.29) is 12.7 Å². The molecule has 0 aromatic heterocycles. The van der Waals surface area contributed by atoms with Gasteiger partial charge in [-0.25, -0.2) is 0 Å². The second-order valence-corrected chi connectivity index (χ2v) is 6.81. The Balaban J connectivity index is 1.66. The number of aromatic hydroxyl groups is 1. The van der Waals surface area contributed by atoms with Crippen LogP contribution in [0.4, 0.5) is 17.1 Å². The fraction of sp³-hybridized carbons (Fsp3) is 0.0952. The molecule has 9 heteroatoms. The van der Waals surface area contributed by atoms with E-state index in [9.17, 15) is 20.0 Å². The number of phenolic OH excluding ortho intramolecular Hbond substituents is 1. The van der Waals surface area contributed by atoms with Gasteiger partial charge in [-0.05, 0) is 30.3 Å². The van der Waals surface area contributed by atoms with Gasteiger partial charge in [-0.2, -0.15) is 0 Å². The van der Waals surface area contributed by atoms with Crippen molar-refractivity contribution in [3.8, 4) is 17.2 Å². The lowest BCUT2D eigenvalue weighted by Crippen LogP contribution is -2.43. The first-order chi connectivity index (χ1) is 14.5. The Hall–Kier alpha value is -4.27. The fourth-order valence-electron chi connectivity index (χ4n) is 3.64. The smallest absolute Gasteiger partial charge is 0.311 e. The molecule has 2 heterocycles. The summed E-state index contributed by atoms with van der Waals surface area (Å²) in [6.45, 7) is 0.0986. The van der Waals surface area contributed by atoms with E-state index in [0.717, 1.165) is 0 Å². The average molecular weight is 405 g/mol. The van der Waals surface area contributed by atoms with E-state index >= 15 is 0 Å². The van der Waals surface area contributed by atoms with Gasteiger partial charge in [0.05, 0.1) is 16.2 Å². The normalized spacial score (nSPS) is 16.7. The number of carbonyl (C=O) groups excluding carboxylic acids is 1. The minimum Gasteiger partial charge on any atom is -0.502 e. The first-order valence-corrected chi connectivity index (χ1v) is 9.09. The largest absolute Gasteiger partial charge is 0.502 e. The Labute approximate surface area is 170 Å². The van der Waals surface area contributed by atoms with Gasteiger partial charge in [-0.15, -0.1) is 0 Å². The lowest BCUT2D eigenvalue weighted by Gasteiger charge is -2.38. The molecule has 3 aromatic carbocycles. The van der Waals surface area contributed by atoms with Crippen molar-refractivity contribution in [1.29, 1.82) is 0 Å². The highest BCUT2D eigenvalue weighted by Crippen LogP contribution is 2.42. The summed E-state index contributed by atoms with van der Waals surface area (Å²) in [5.41, 5.74) is 1.62. The van der Waals surface area contributed by atoms with Gasteiger partial charge in [0.25, 0.3) is 5.91 Å². The SMILES string of the molecule is O=C1c2ccccc2N[C@H](c2ccc(O)c([N+](=O)[O-])c2)N1c1ccc2c(c1)OCO2. The summed E-state index contributed by atoms with van der Waals surface area (Å²) in [5.74, 6) is 0.368. The zero-order valence-electron chi connectivity index (χ0n) is 15.4.